The number of carbonyl (C=O) groups excluding carboxylic acids is 2. The van der Waals surface area contributed by atoms with E-state index < -0.39 is 191 Å². The van der Waals surface area contributed by atoms with Crippen LogP contribution in [0.3, 0.4) is 0 Å². The molecular formula is C53H84N2O21. The predicted octanol–water partition coefficient (Wildman–Crippen LogP) is -2.46. The summed E-state index contributed by atoms with van der Waals surface area (Å²) in [6, 6.07) is -2.93. The Morgan fingerprint density at radius 3 is 1.86 bits per heavy atom. The number of carbonyl (C=O) groups is 2. The number of ether oxygens (including phenoxy) is 5. The van der Waals surface area contributed by atoms with Crippen molar-refractivity contribution >= 4 is 11.9 Å². The highest BCUT2D eigenvalue weighted by Gasteiger charge is 2.53. The topological polar surface area (TPSA) is 402 Å². The maximum absolute atomic E-state index is 14.2. The van der Waals surface area contributed by atoms with E-state index in [4.69, 9.17) is 29.4 Å². The maximum Gasteiger partial charge on any atom is 0.308 e. The van der Waals surface area contributed by atoms with Gasteiger partial charge in [-0.1, -0.05) is 98.9 Å². The Bertz CT molecular complexity index is 1990. The number of nitrogens with two attached hydrogens (primary N) is 1. The third kappa shape index (κ3) is 19.6. The first-order valence-electron chi connectivity index (χ1n) is 25.9. The van der Waals surface area contributed by atoms with Crippen LogP contribution in [0.5, 0.6) is 0 Å². The number of allylic oxidation sites excluding steroid dienone is 12. The Kier molecular flexibility index (Phi) is 26.7. The summed E-state index contributed by atoms with van der Waals surface area (Å²) in [7, 11) is 0. The monoisotopic (exact) mass is 1080 g/mol. The van der Waals surface area contributed by atoms with Gasteiger partial charge in [0.15, 0.2) is 18.4 Å². The van der Waals surface area contributed by atoms with Crippen molar-refractivity contribution in [3.05, 3.63) is 85.1 Å². The van der Waals surface area contributed by atoms with Crippen LogP contribution in [-0.2, 0) is 33.3 Å². The average molecular weight is 1090 g/mol. The van der Waals surface area contributed by atoms with Gasteiger partial charge in [0.25, 0.3) is 0 Å². The molecule has 2 bridgehead atoms. The molecule has 17 N–H and O–H groups in total. The number of cyclic esters (lactones) is 1. The van der Waals surface area contributed by atoms with Crippen molar-refractivity contribution in [1.29, 1.82) is 0 Å². The highest BCUT2D eigenvalue weighted by atomic mass is 16.7. The van der Waals surface area contributed by atoms with E-state index in [0.29, 0.717) is 0 Å². The number of aliphatic hydroxyl groups excluding tert-OH is 13. The quantitative estimate of drug-likeness (QED) is 0.127. The van der Waals surface area contributed by atoms with Crippen molar-refractivity contribution in [1.82, 2.24) is 5.32 Å². The zero-order valence-electron chi connectivity index (χ0n) is 43.4. The van der Waals surface area contributed by atoms with Crippen LogP contribution in [0, 0.1) is 17.8 Å². The van der Waals surface area contributed by atoms with E-state index in [1.54, 1.807) is 92.8 Å². The summed E-state index contributed by atoms with van der Waals surface area (Å²) in [4.78, 5) is 26.9. The summed E-state index contributed by atoms with van der Waals surface area (Å²) < 4.78 is 28.8. The van der Waals surface area contributed by atoms with Crippen molar-refractivity contribution in [3.63, 3.8) is 0 Å². The first kappa shape index (κ1) is 64.9. The van der Waals surface area contributed by atoms with Crippen LogP contribution in [0.2, 0.25) is 0 Å². The number of fused-ring (bicyclic) bond motifs is 2. The molecular weight excluding hydrogens is 1000 g/mol. The van der Waals surface area contributed by atoms with E-state index in [1.807, 2.05) is 6.92 Å². The zero-order chi connectivity index (χ0) is 56.4. The molecule has 23 heteroatoms. The van der Waals surface area contributed by atoms with Crippen molar-refractivity contribution in [2.75, 3.05) is 6.61 Å². The molecule has 3 saturated heterocycles. The second-order valence-electron chi connectivity index (χ2n) is 20.5. The summed E-state index contributed by atoms with van der Waals surface area (Å²) in [5.74, 6) is -6.76. The SMILES string of the molecule is C[C@@H]1[C@H](O)[C@@H](C)/C=C/C=C/C=C/C=C/C=C/C=C/C=C/[C@H](OC2O[C@H](C)[C@@H](O)[C@H](N)[C@@H]2O)CC2O[C@](O)(C[C@@H](O)C[C@@H](O)[C@H](O)CC[C@@H](O)C[C@@H](O)CC(=O)O[C@H]1C)C[C@H](O)C2C(=O)N[C@H]1C(O)O[C@H](CO)[C@H](O)[C@@H]1O. The molecule has 0 saturated carbocycles. The minimum Gasteiger partial charge on any atom is -0.462 e. The highest BCUT2D eigenvalue weighted by molar-refractivity contribution is 5.80. The predicted molar refractivity (Wildman–Crippen MR) is 271 cm³/mol. The number of rotatable bonds is 5. The Hall–Kier alpha value is -3.64. The van der Waals surface area contributed by atoms with Gasteiger partial charge in [-0.2, -0.15) is 0 Å². The molecule has 0 radical (unpaired) electrons. The van der Waals surface area contributed by atoms with Crippen LogP contribution in [0.15, 0.2) is 85.1 Å². The lowest BCUT2D eigenvalue weighted by Gasteiger charge is -2.47. The third-order valence-electron chi connectivity index (χ3n) is 14.2. The minimum atomic E-state index is -2.46. The first-order chi connectivity index (χ1) is 35.9. The molecule has 0 aromatic carbocycles. The van der Waals surface area contributed by atoms with E-state index in [-0.39, 0.29) is 25.2 Å². The Balaban J connectivity index is 1.65. The second kappa shape index (κ2) is 31.2. The normalized spacial score (nSPS) is 46.7. The standard InChI is InChI=1S/C53H84N2O21/c1-28-17-15-13-11-9-7-5-6-8-10-12-14-16-18-35(74-52-48(67)43(54)46(65)31(4)73-52)24-39-42(50(69)55-44-49(68)47(66)40(27-56)75-51(44)70)38(62)26-53(71,76-39)25-34(59)22-37(61)36(60)20-19-32(57)21-33(58)23-41(63)72-30(3)29(2)45(28)64/h5-18,28-40,42-49,51-52,56-62,64-68,70-71H,19-27,54H2,1-4H3,(H,55,69)/b6-5+,9-7+,10-8+,13-11+,14-12+,17-15+,18-16+/t28-,29-,30-,31+,32+,33+,34-,35-,36+,37+,38-,39?,40+,42?,43-,44+,45+,46+,47-,48-,49+,51?,52?,53+/m0/s1. The number of aliphatic hydroxyl groups is 14. The number of nitrogens with one attached hydrogen (secondary N) is 1. The van der Waals surface area contributed by atoms with Crippen LogP contribution >= 0.6 is 0 Å². The summed E-state index contributed by atoms with van der Waals surface area (Å²) in [6.07, 6.45) is -5.57. The molecule has 4 unspecified atom stereocenters. The Labute approximate surface area is 443 Å². The van der Waals surface area contributed by atoms with Crippen molar-refractivity contribution < 1.29 is 105 Å². The summed E-state index contributed by atoms with van der Waals surface area (Å²) >= 11 is 0. The fourth-order valence-electron chi connectivity index (χ4n) is 9.50. The summed E-state index contributed by atoms with van der Waals surface area (Å²) in [5, 5.41) is 154. The fourth-order valence-corrected chi connectivity index (χ4v) is 9.50. The molecule has 432 valence electrons. The van der Waals surface area contributed by atoms with Gasteiger partial charge in [-0.3, -0.25) is 9.59 Å². The van der Waals surface area contributed by atoms with Crippen LogP contribution in [0.4, 0.5) is 0 Å². The van der Waals surface area contributed by atoms with Crippen LogP contribution < -0.4 is 11.1 Å². The van der Waals surface area contributed by atoms with E-state index in [9.17, 15) is 81.1 Å². The van der Waals surface area contributed by atoms with E-state index in [2.05, 4.69) is 5.32 Å². The van der Waals surface area contributed by atoms with E-state index >= 15 is 0 Å². The lowest BCUT2D eigenvalue weighted by molar-refractivity contribution is -0.307. The largest absolute Gasteiger partial charge is 0.462 e. The van der Waals surface area contributed by atoms with Crippen molar-refractivity contribution in [2.45, 2.75) is 207 Å². The van der Waals surface area contributed by atoms with Crippen LogP contribution in [0.1, 0.15) is 79.1 Å². The van der Waals surface area contributed by atoms with Gasteiger partial charge in [-0.05, 0) is 33.1 Å². The molecule has 23 nitrogen and oxygen atoms in total. The Morgan fingerprint density at radius 2 is 1.25 bits per heavy atom. The van der Waals surface area contributed by atoms with Crippen LogP contribution in [0.25, 0.3) is 0 Å². The molecule has 4 rings (SSSR count). The lowest BCUT2D eigenvalue weighted by Crippen LogP contribution is -2.66. The smallest absolute Gasteiger partial charge is 0.308 e. The molecule has 0 aromatic heterocycles. The summed E-state index contributed by atoms with van der Waals surface area (Å²) in [5.41, 5.74) is 6.10. The van der Waals surface area contributed by atoms with Gasteiger partial charge < -0.3 is 106 Å². The number of amides is 1. The molecule has 0 spiro atoms. The van der Waals surface area contributed by atoms with E-state index in [0.717, 1.165) is 0 Å². The molecule has 1 amide bonds. The molecule has 0 aromatic rings. The summed E-state index contributed by atoms with van der Waals surface area (Å²) in [6.45, 7) is 5.88. The van der Waals surface area contributed by atoms with Gasteiger partial charge in [0.05, 0.1) is 92.1 Å². The molecule has 24 atom stereocenters. The van der Waals surface area contributed by atoms with E-state index in [1.165, 1.54) is 13.0 Å². The number of hydrogen-bond acceptors (Lipinski definition) is 22. The number of esters is 1. The zero-order valence-corrected chi connectivity index (χ0v) is 43.4. The average Bonchev–Trinajstić information content (AvgIpc) is 3.35. The van der Waals surface area contributed by atoms with Gasteiger partial charge in [0.2, 0.25) is 5.91 Å². The first-order valence-corrected chi connectivity index (χ1v) is 25.9. The number of hydrogen-bond donors (Lipinski definition) is 16. The van der Waals surface area contributed by atoms with Crippen molar-refractivity contribution in [3.8, 4) is 0 Å². The molecule has 0 aliphatic carbocycles. The van der Waals surface area contributed by atoms with Crippen molar-refractivity contribution in [2.24, 2.45) is 23.5 Å². The third-order valence-corrected chi connectivity index (χ3v) is 14.2. The molecule has 3 fully saturated rings. The van der Waals surface area contributed by atoms with Gasteiger partial charge in [0, 0.05) is 37.5 Å². The molecule has 4 heterocycles. The Morgan fingerprint density at radius 1 is 0.658 bits per heavy atom. The van der Waals surface area contributed by atoms with Gasteiger partial charge in [-0.15, -0.1) is 0 Å². The molecule has 4 aliphatic heterocycles. The maximum atomic E-state index is 14.2. The molecule has 76 heavy (non-hydrogen) atoms. The molecule has 4 aliphatic rings. The lowest BCUT2D eigenvalue weighted by atomic mass is 9.81. The second-order valence-corrected chi connectivity index (χ2v) is 20.5. The minimum absolute atomic E-state index is 0.154. The highest BCUT2D eigenvalue weighted by Crippen LogP contribution is 2.39. The van der Waals surface area contributed by atoms with Gasteiger partial charge in [0.1, 0.15) is 36.6 Å². The van der Waals surface area contributed by atoms with Gasteiger partial charge in [-0.25, -0.2) is 0 Å². The fraction of sp³-hybridized carbons (Fsp3) is 0.698. The van der Waals surface area contributed by atoms with Gasteiger partial charge >= 0.3 is 5.97 Å². The van der Waals surface area contributed by atoms with Crippen LogP contribution in [-0.4, -0.2) is 218 Å².